The van der Waals surface area contributed by atoms with Gasteiger partial charge in [0.1, 0.15) is 17.2 Å². The molecule has 2 aliphatic rings. The molecule has 4 nitrogen and oxygen atoms in total. The summed E-state index contributed by atoms with van der Waals surface area (Å²) in [6, 6.07) is 10.7. The molecule has 0 amide bonds. The van der Waals surface area contributed by atoms with Gasteiger partial charge in [0.2, 0.25) is 5.78 Å². The van der Waals surface area contributed by atoms with Gasteiger partial charge in [-0.1, -0.05) is 0 Å². The fourth-order valence-corrected chi connectivity index (χ4v) is 4.16. The lowest BCUT2D eigenvalue weighted by atomic mass is 9.81. The first-order chi connectivity index (χ1) is 12.9. The predicted octanol–water partition coefficient (Wildman–Crippen LogP) is 4.37. The Bertz CT molecular complexity index is 1160. The normalized spacial score (nSPS) is 21.4. The number of nitrogens with zero attached hydrogens (tertiary/aromatic N) is 1. The number of halogens is 1. The molecule has 0 saturated carbocycles. The summed E-state index contributed by atoms with van der Waals surface area (Å²) in [5.74, 6) is -0.0339. The van der Waals surface area contributed by atoms with Gasteiger partial charge in [-0.3, -0.25) is 4.79 Å². The SMILES string of the molecule is Cc1cc2cc(N3CC[C@@]4(O)C(=O)c5cc(F)c(C)cc5C=C34)ccc2o1. The highest BCUT2D eigenvalue weighted by atomic mass is 19.1. The van der Waals surface area contributed by atoms with Gasteiger partial charge in [-0.05, 0) is 67.4 Å². The van der Waals surface area contributed by atoms with E-state index < -0.39 is 17.2 Å². The van der Waals surface area contributed by atoms with E-state index in [0.29, 0.717) is 23.4 Å². The highest BCUT2D eigenvalue weighted by Crippen LogP contribution is 2.44. The quantitative estimate of drug-likeness (QED) is 0.698. The first kappa shape index (κ1) is 16.3. The van der Waals surface area contributed by atoms with E-state index in [4.69, 9.17) is 4.42 Å². The van der Waals surface area contributed by atoms with Gasteiger partial charge in [-0.15, -0.1) is 0 Å². The molecule has 27 heavy (non-hydrogen) atoms. The highest BCUT2D eigenvalue weighted by Gasteiger charge is 2.50. The predicted molar refractivity (Wildman–Crippen MR) is 101 cm³/mol. The number of carbonyl (C=O) groups is 1. The van der Waals surface area contributed by atoms with Gasteiger partial charge in [0.15, 0.2) is 5.60 Å². The lowest BCUT2D eigenvalue weighted by Gasteiger charge is -2.31. The third-order valence-electron chi connectivity index (χ3n) is 5.59. The van der Waals surface area contributed by atoms with E-state index in [-0.39, 0.29) is 12.0 Å². The molecule has 0 bridgehead atoms. The maximum absolute atomic E-state index is 14.0. The first-order valence-corrected chi connectivity index (χ1v) is 8.94. The molecule has 0 spiro atoms. The fourth-order valence-electron chi connectivity index (χ4n) is 4.16. The summed E-state index contributed by atoms with van der Waals surface area (Å²) < 4.78 is 19.6. The van der Waals surface area contributed by atoms with Crippen molar-refractivity contribution in [1.29, 1.82) is 0 Å². The molecule has 2 aromatic carbocycles. The zero-order valence-electron chi connectivity index (χ0n) is 15.0. The van der Waals surface area contributed by atoms with Crippen molar-refractivity contribution in [3.8, 4) is 0 Å². The summed E-state index contributed by atoms with van der Waals surface area (Å²) in [6.45, 7) is 4.07. The van der Waals surface area contributed by atoms with Gasteiger partial charge >= 0.3 is 0 Å². The molecule has 5 heteroatoms. The number of Topliss-reactive ketones (excluding diaryl/α,β-unsaturated/α-hetero) is 1. The van der Waals surface area contributed by atoms with Crippen LogP contribution in [0.2, 0.25) is 0 Å². The van der Waals surface area contributed by atoms with Crippen LogP contribution in [-0.4, -0.2) is 23.0 Å². The minimum absolute atomic E-state index is 0.243. The second-order valence-corrected chi connectivity index (χ2v) is 7.39. The van der Waals surface area contributed by atoms with E-state index in [9.17, 15) is 14.3 Å². The summed E-state index contributed by atoms with van der Waals surface area (Å²) in [5.41, 5.74) is 1.99. The third-order valence-corrected chi connectivity index (χ3v) is 5.59. The maximum Gasteiger partial charge on any atom is 0.201 e. The van der Waals surface area contributed by atoms with Crippen molar-refractivity contribution in [2.75, 3.05) is 11.4 Å². The molecule has 5 rings (SSSR count). The van der Waals surface area contributed by atoms with Crippen LogP contribution in [0.25, 0.3) is 17.0 Å². The number of anilines is 1. The molecule has 1 aliphatic heterocycles. The molecule has 1 N–H and O–H groups in total. The second kappa shape index (κ2) is 5.30. The maximum atomic E-state index is 14.0. The molecule has 0 unspecified atom stereocenters. The van der Waals surface area contributed by atoms with E-state index in [1.54, 1.807) is 19.1 Å². The van der Waals surface area contributed by atoms with Crippen molar-refractivity contribution in [2.24, 2.45) is 0 Å². The van der Waals surface area contributed by atoms with Crippen molar-refractivity contribution in [3.05, 3.63) is 70.4 Å². The van der Waals surface area contributed by atoms with Gasteiger partial charge in [0.05, 0.1) is 5.70 Å². The molecule has 2 heterocycles. The van der Waals surface area contributed by atoms with Crippen LogP contribution in [0.4, 0.5) is 10.1 Å². The van der Waals surface area contributed by atoms with Gasteiger partial charge < -0.3 is 14.4 Å². The number of ketones is 1. The van der Waals surface area contributed by atoms with E-state index in [0.717, 1.165) is 22.4 Å². The van der Waals surface area contributed by atoms with Crippen molar-refractivity contribution in [3.63, 3.8) is 0 Å². The van der Waals surface area contributed by atoms with Crippen LogP contribution in [0.15, 0.2) is 46.5 Å². The fraction of sp³-hybridized carbons (Fsp3) is 0.227. The zero-order chi connectivity index (χ0) is 18.9. The number of furan rings is 1. The van der Waals surface area contributed by atoms with Crippen molar-refractivity contribution < 1.29 is 18.7 Å². The van der Waals surface area contributed by atoms with Gasteiger partial charge in [0.25, 0.3) is 0 Å². The molecule has 0 radical (unpaired) electrons. The van der Waals surface area contributed by atoms with Crippen molar-refractivity contribution in [2.45, 2.75) is 25.9 Å². The lowest BCUT2D eigenvalue weighted by molar-refractivity contribution is 0.0511. The highest BCUT2D eigenvalue weighted by molar-refractivity contribution is 6.11. The molecule has 1 fully saturated rings. The molecule has 1 atom stereocenters. The Morgan fingerprint density at radius 1 is 1.19 bits per heavy atom. The number of fused-ring (bicyclic) bond motifs is 3. The zero-order valence-corrected chi connectivity index (χ0v) is 15.0. The van der Waals surface area contributed by atoms with E-state index in [1.807, 2.05) is 36.1 Å². The standard InChI is InChI=1S/C22H18FNO3/c1-12-7-14-10-20-22(26,21(25)17(14)11-18(12)23)5-6-24(20)16-3-4-19-15(9-16)8-13(2)27-19/h3-4,7-11,26H,5-6H2,1-2H3/t22-/m0/s1. The van der Waals surface area contributed by atoms with Crippen molar-refractivity contribution >= 4 is 28.5 Å². The molecule has 3 aromatic rings. The Morgan fingerprint density at radius 2 is 2.00 bits per heavy atom. The third kappa shape index (κ3) is 2.21. The van der Waals surface area contributed by atoms with E-state index in [1.165, 1.54) is 6.07 Å². The molecule has 1 saturated heterocycles. The Kier molecular flexibility index (Phi) is 3.19. The van der Waals surface area contributed by atoms with Crippen LogP contribution >= 0.6 is 0 Å². The Labute approximate surface area is 155 Å². The van der Waals surface area contributed by atoms with Crippen LogP contribution in [0.5, 0.6) is 0 Å². The number of carbonyl (C=O) groups excluding carboxylic acids is 1. The van der Waals surface area contributed by atoms with Crippen LogP contribution in [0, 0.1) is 19.7 Å². The summed E-state index contributed by atoms with van der Waals surface area (Å²) in [6.07, 6.45) is 2.08. The summed E-state index contributed by atoms with van der Waals surface area (Å²) >= 11 is 0. The largest absolute Gasteiger partial charge is 0.461 e. The minimum atomic E-state index is -1.62. The van der Waals surface area contributed by atoms with Crippen LogP contribution in [0.3, 0.4) is 0 Å². The smallest absolute Gasteiger partial charge is 0.201 e. The Balaban J connectivity index is 1.66. The lowest BCUT2D eigenvalue weighted by Crippen LogP contribution is -2.42. The second-order valence-electron chi connectivity index (χ2n) is 7.39. The van der Waals surface area contributed by atoms with Crippen molar-refractivity contribution in [1.82, 2.24) is 0 Å². The Morgan fingerprint density at radius 3 is 2.81 bits per heavy atom. The molecule has 1 aliphatic carbocycles. The Hall–Kier alpha value is -2.92. The number of aryl methyl sites for hydroxylation is 2. The number of hydrogen-bond donors (Lipinski definition) is 1. The van der Waals surface area contributed by atoms with E-state index in [2.05, 4.69) is 0 Å². The average Bonchev–Trinajstić information content (AvgIpc) is 3.16. The minimum Gasteiger partial charge on any atom is -0.461 e. The molecule has 136 valence electrons. The van der Waals surface area contributed by atoms with Gasteiger partial charge in [-0.2, -0.15) is 0 Å². The monoisotopic (exact) mass is 363 g/mol. The first-order valence-electron chi connectivity index (χ1n) is 8.94. The number of aliphatic hydroxyl groups is 1. The number of hydrogen-bond acceptors (Lipinski definition) is 4. The van der Waals surface area contributed by atoms with E-state index >= 15 is 0 Å². The number of rotatable bonds is 1. The topological polar surface area (TPSA) is 53.7 Å². The summed E-state index contributed by atoms with van der Waals surface area (Å²) in [4.78, 5) is 14.9. The van der Waals surface area contributed by atoms with Crippen LogP contribution in [0.1, 0.15) is 33.7 Å². The number of benzene rings is 2. The summed E-state index contributed by atoms with van der Waals surface area (Å²) in [5, 5.41) is 12.1. The summed E-state index contributed by atoms with van der Waals surface area (Å²) in [7, 11) is 0. The molecule has 1 aromatic heterocycles. The van der Waals surface area contributed by atoms with Crippen LogP contribution in [-0.2, 0) is 0 Å². The molecular weight excluding hydrogens is 345 g/mol. The molecular formula is C22H18FNO3. The van der Waals surface area contributed by atoms with Gasteiger partial charge in [-0.25, -0.2) is 4.39 Å². The van der Waals surface area contributed by atoms with Gasteiger partial charge in [0, 0.05) is 29.6 Å². The average molecular weight is 363 g/mol. The van der Waals surface area contributed by atoms with Crippen LogP contribution < -0.4 is 4.90 Å².